The molecule has 0 spiro atoms. The largest absolute Gasteiger partial charge is 0.508 e. The number of benzene rings is 2. The van der Waals surface area contributed by atoms with Crippen molar-refractivity contribution < 1.29 is 28.9 Å². The number of aromatic hydroxyl groups is 1. The molecule has 4 N–H and O–H groups in total. The molecule has 2 aromatic carbocycles. The van der Waals surface area contributed by atoms with Crippen molar-refractivity contribution >= 4 is 11.8 Å². The number of rotatable bonds is 6. The van der Waals surface area contributed by atoms with Crippen LogP contribution in [0.1, 0.15) is 75.0 Å². The number of Topliss-reactive ketones (excluding diaryl/α,β-unsaturated/α-hetero) is 1. The first-order valence-corrected chi connectivity index (χ1v) is 17.1. The smallest absolute Gasteiger partial charge is 0.302 e. The number of fused-ring (bicyclic) bond motifs is 2. The second-order valence-corrected chi connectivity index (χ2v) is 12.7. The van der Waals surface area contributed by atoms with Gasteiger partial charge in [0.05, 0.1) is 25.4 Å². The van der Waals surface area contributed by atoms with E-state index in [1.165, 1.54) is 29.7 Å². The Labute approximate surface area is 289 Å². The summed E-state index contributed by atoms with van der Waals surface area (Å²) in [5, 5.41) is 16.7. The molecule has 2 aliphatic heterocycles. The minimum atomic E-state index is -0.498. The first-order valence-electron chi connectivity index (χ1n) is 17.1. The van der Waals surface area contributed by atoms with Gasteiger partial charge in [-0.2, -0.15) is 0 Å². The fourth-order valence-electron chi connectivity index (χ4n) is 6.42. The van der Waals surface area contributed by atoms with E-state index in [1.807, 2.05) is 12.1 Å². The molecule has 0 saturated heterocycles. The lowest BCUT2D eigenvalue weighted by Gasteiger charge is -2.22. The van der Waals surface area contributed by atoms with E-state index >= 15 is 0 Å². The van der Waals surface area contributed by atoms with Gasteiger partial charge in [-0.15, -0.1) is 0 Å². The molecule has 0 amide bonds. The van der Waals surface area contributed by atoms with Crippen LogP contribution in [0, 0.1) is 17.8 Å². The number of ether oxygens (including phenoxy) is 3. The van der Waals surface area contributed by atoms with Gasteiger partial charge in [0, 0.05) is 44.8 Å². The van der Waals surface area contributed by atoms with Gasteiger partial charge in [0.25, 0.3) is 0 Å². The summed E-state index contributed by atoms with van der Waals surface area (Å²) < 4.78 is 17.4. The van der Waals surface area contributed by atoms with Crippen molar-refractivity contribution in [3.63, 3.8) is 0 Å². The fraction of sp³-hybridized carbons (Fsp3) is 0.400. The zero-order valence-corrected chi connectivity index (χ0v) is 28.6. The average molecular weight is 666 g/mol. The van der Waals surface area contributed by atoms with Gasteiger partial charge in [0.1, 0.15) is 23.4 Å². The van der Waals surface area contributed by atoms with Crippen LogP contribution in [0.4, 0.5) is 0 Å². The summed E-state index contributed by atoms with van der Waals surface area (Å²) in [5.41, 5.74) is 4.73. The molecule has 9 heteroatoms. The first-order chi connectivity index (χ1) is 23.8. The minimum Gasteiger partial charge on any atom is -0.508 e. The zero-order valence-electron chi connectivity index (χ0n) is 28.6. The lowest BCUT2D eigenvalue weighted by atomic mass is 9.88. The maximum Gasteiger partial charge on any atom is 0.302 e. The maximum atomic E-state index is 13.7. The summed E-state index contributed by atoms with van der Waals surface area (Å²) in [6.07, 6.45) is 13.6. The lowest BCUT2D eigenvalue weighted by Crippen LogP contribution is -2.29. The lowest BCUT2D eigenvalue weighted by molar-refractivity contribution is -0.148. The second-order valence-electron chi connectivity index (χ2n) is 12.7. The van der Waals surface area contributed by atoms with Gasteiger partial charge in [-0.1, -0.05) is 43.4 Å². The highest BCUT2D eigenvalue weighted by Gasteiger charge is 2.23. The number of phenolic OH excluding ortho intramolecular Hbond substituents is 1. The molecule has 0 radical (unpaired) electrons. The number of dihydropyridines is 1. The topological polar surface area (TPSA) is 122 Å². The van der Waals surface area contributed by atoms with Crippen LogP contribution in [-0.2, 0) is 27.2 Å². The summed E-state index contributed by atoms with van der Waals surface area (Å²) in [4.78, 5) is 29.1. The van der Waals surface area contributed by atoms with E-state index < -0.39 is 12.0 Å². The molecule has 0 saturated carbocycles. The number of methoxy groups -OCH3 is 1. The molecule has 5 rings (SSSR count). The van der Waals surface area contributed by atoms with Crippen molar-refractivity contribution in [2.24, 2.45) is 5.92 Å². The molecular formula is C40H47N3O6. The van der Waals surface area contributed by atoms with Crippen LogP contribution >= 0.6 is 0 Å². The van der Waals surface area contributed by atoms with Gasteiger partial charge in [-0.05, 0) is 90.6 Å². The third-order valence-electron chi connectivity index (χ3n) is 9.08. The number of esters is 1. The Balaban J connectivity index is 1.41. The van der Waals surface area contributed by atoms with Gasteiger partial charge in [-0.3, -0.25) is 9.59 Å². The Hall–Kier alpha value is -5.10. The van der Waals surface area contributed by atoms with Gasteiger partial charge < -0.3 is 34.9 Å². The van der Waals surface area contributed by atoms with Gasteiger partial charge in [0.15, 0.2) is 11.5 Å². The number of allylic oxidation sites excluding steroid dienone is 2. The Kier molecular flexibility index (Phi) is 12.5. The summed E-state index contributed by atoms with van der Waals surface area (Å²) >= 11 is 0. The van der Waals surface area contributed by atoms with Crippen molar-refractivity contribution in [2.45, 2.75) is 77.2 Å². The monoisotopic (exact) mass is 665 g/mol. The van der Waals surface area contributed by atoms with E-state index in [2.05, 4.69) is 58.9 Å². The van der Waals surface area contributed by atoms with E-state index in [4.69, 9.17) is 14.2 Å². The van der Waals surface area contributed by atoms with Gasteiger partial charge in [0.2, 0.25) is 0 Å². The number of hydrogen-bond donors (Lipinski definition) is 4. The highest BCUT2D eigenvalue weighted by atomic mass is 16.5. The molecule has 3 atom stereocenters. The Morgan fingerprint density at radius 2 is 1.86 bits per heavy atom. The van der Waals surface area contributed by atoms with E-state index in [0.29, 0.717) is 36.1 Å². The number of ketones is 1. The molecule has 0 fully saturated rings. The highest BCUT2D eigenvalue weighted by molar-refractivity contribution is 5.81. The van der Waals surface area contributed by atoms with Crippen LogP contribution < -0.4 is 20.1 Å². The molecule has 0 aliphatic carbocycles. The quantitative estimate of drug-likeness (QED) is 0.167. The summed E-state index contributed by atoms with van der Waals surface area (Å²) in [6, 6.07) is 12.0. The molecule has 3 heterocycles. The van der Waals surface area contributed by atoms with Crippen molar-refractivity contribution in [1.82, 2.24) is 15.6 Å². The van der Waals surface area contributed by atoms with E-state index in [9.17, 15) is 14.7 Å². The van der Waals surface area contributed by atoms with Gasteiger partial charge >= 0.3 is 5.97 Å². The third kappa shape index (κ3) is 10.4. The molecule has 49 heavy (non-hydrogen) atoms. The molecule has 2 bridgehead atoms. The number of carbonyl (C=O) groups excluding carboxylic acids is 2. The van der Waals surface area contributed by atoms with E-state index in [0.717, 1.165) is 50.0 Å². The Morgan fingerprint density at radius 3 is 2.65 bits per heavy atom. The van der Waals surface area contributed by atoms with Crippen molar-refractivity contribution in [3.8, 4) is 34.8 Å². The van der Waals surface area contributed by atoms with Crippen LogP contribution in [0.25, 0.3) is 0 Å². The molecule has 1 aromatic heterocycles. The predicted octanol–water partition coefficient (Wildman–Crippen LogP) is 6.85. The van der Waals surface area contributed by atoms with Crippen molar-refractivity contribution in [1.29, 1.82) is 0 Å². The second kappa shape index (κ2) is 17.3. The number of phenols is 1. The van der Waals surface area contributed by atoms with Crippen LogP contribution in [-0.4, -0.2) is 48.1 Å². The zero-order chi connectivity index (χ0) is 34.6. The number of nitrogens with one attached hydrogen (secondary N) is 3. The number of carbonyl (C=O) groups is 2. The Bertz CT molecular complexity index is 1730. The molecule has 9 nitrogen and oxygen atoms in total. The Morgan fingerprint density at radius 1 is 1.00 bits per heavy atom. The molecule has 258 valence electrons. The maximum absolute atomic E-state index is 13.7. The number of H-pyrrole nitrogens is 1. The van der Waals surface area contributed by atoms with Crippen molar-refractivity contribution in [2.75, 3.05) is 20.2 Å². The molecule has 3 aromatic rings. The summed E-state index contributed by atoms with van der Waals surface area (Å²) in [7, 11) is 1.56. The standard InChI is InChI=1S/C40H47N3O6/c1-4-28-11-14-37(48-27(2)44)24-35(46)21-30(31-13-15-38(39(22-31)47-3)49-36-9-5-8-34(45)23-36)7-6-17-42-40-20-29(16-18-43-40)10-12-32-25-41-26-33(32)19-28/h5,8-9,13,15-16,20,22-23,25-26,28,30,37,41-43,45H,4,10-12,14,17-19,21,24H2,1-3H3. The average Bonchev–Trinajstić information content (AvgIpc) is 3.53. The normalized spacial score (nSPS) is 20.5. The third-order valence-corrected chi connectivity index (χ3v) is 9.08. The fourth-order valence-corrected chi connectivity index (χ4v) is 6.42. The summed E-state index contributed by atoms with van der Waals surface area (Å²) in [5.74, 6) is 8.55. The predicted molar refractivity (Wildman–Crippen MR) is 189 cm³/mol. The first kappa shape index (κ1) is 35.2. The molecule has 2 aliphatic rings. The van der Waals surface area contributed by atoms with Crippen LogP contribution in [0.2, 0.25) is 0 Å². The molecular weight excluding hydrogens is 618 g/mol. The minimum absolute atomic E-state index is 0.0284. The van der Waals surface area contributed by atoms with Crippen molar-refractivity contribution in [3.05, 3.63) is 95.1 Å². The van der Waals surface area contributed by atoms with E-state index in [1.54, 1.807) is 31.4 Å². The van der Waals surface area contributed by atoms with Crippen LogP contribution in [0.15, 0.2) is 78.4 Å². The molecule has 3 unspecified atom stereocenters. The SMILES string of the molecule is CCC1CCC(OC(C)=O)CC(=O)CC(c2ccc(Oc3cccc(O)c3)c(OC)c2)C#CCNC2=CC(=CCN2)CCc2c[nH]cc2C1. The van der Waals surface area contributed by atoms with Gasteiger partial charge in [-0.25, -0.2) is 0 Å². The van der Waals surface area contributed by atoms with Crippen LogP contribution in [0.3, 0.4) is 0 Å². The number of aromatic nitrogens is 1. The number of hydrogen-bond acceptors (Lipinski definition) is 8. The number of aromatic amines is 1. The number of aryl methyl sites for hydroxylation is 1. The van der Waals surface area contributed by atoms with E-state index in [-0.39, 0.29) is 30.3 Å². The highest BCUT2D eigenvalue weighted by Crippen LogP contribution is 2.36. The summed E-state index contributed by atoms with van der Waals surface area (Å²) in [6.45, 7) is 4.73. The van der Waals surface area contributed by atoms with Crippen LogP contribution in [0.5, 0.6) is 23.0 Å².